The lowest BCUT2D eigenvalue weighted by Gasteiger charge is -2.31. The largest absolute Gasteiger partial charge is 0.453 e. The van der Waals surface area contributed by atoms with Crippen molar-refractivity contribution in [2.24, 2.45) is 16.8 Å². The average Bonchev–Trinajstić information content (AvgIpc) is 4.10. The molecule has 3 aromatic carbocycles. The molecule has 0 spiro atoms. The third-order valence-corrected chi connectivity index (χ3v) is 11.8. The van der Waals surface area contributed by atoms with Crippen LogP contribution in [0.2, 0.25) is 0 Å². The van der Waals surface area contributed by atoms with Crippen LogP contribution in [0.5, 0.6) is 0 Å². The molecule has 0 bridgehead atoms. The first-order valence-corrected chi connectivity index (χ1v) is 20.4. The highest BCUT2D eigenvalue weighted by Crippen LogP contribution is 2.37. The van der Waals surface area contributed by atoms with Crippen LogP contribution in [-0.4, -0.2) is 103 Å². The number of likely N-dealkylation sites (tertiary alicyclic amines) is 2. The van der Waals surface area contributed by atoms with Crippen LogP contribution in [0, 0.1) is 11.8 Å². The maximum atomic E-state index is 13.6. The topological polar surface area (TPSA) is 150 Å². The van der Waals surface area contributed by atoms with E-state index in [9.17, 15) is 14.4 Å². The lowest BCUT2D eigenvalue weighted by atomic mass is 9.95. The minimum absolute atomic E-state index is 0.0240. The molecule has 3 N–H and O–H groups in total. The van der Waals surface area contributed by atoms with E-state index >= 15 is 0 Å². The van der Waals surface area contributed by atoms with Gasteiger partial charge in [-0.15, -0.1) is 0 Å². The Balaban J connectivity index is 0.989. The van der Waals surface area contributed by atoms with Crippen molar-refractivity contribution in [1.82, 2.24) is 30.4 Å². The third kappa shape index (κ3) is 9.58. The number of carbonyl (C=O) groups is 3. The maximum absolute atomic E-state index is 13.6. The Kier molecular flexibility index (Phi) is 13.2. The first-order chi connectivity index (χ1) is 28.6. The summed E-state index contributed by atoms with van der Waals surface area (Å²) in [6.07, 6.45) is 6.06. The van der Waals surface area contributed by atoms with Crippen molar-refractivity contribution in [3.8, 4) is 22.4 Å². The summed E-state index contributed by atoms with van der Waals surface area (Å²) in [6.45, 7) is 6.54. The van der Waals surface area contributed by atoms with Gasteiger partial charge in [-0.1, -0.05) is 92.7 Å². The number of alkyl carbamates (subject to hydrolysis) is 2. The molecule has 13 heteroatoms. The lowest BCUT2D eigenvalue weighted by molar-refractivity contribution is -0.134. The number of methoxy groups -OCH3 is 3. The molecular formula is C46H55N7O6. The van der Waals surface area contributed by atoms with Gasteiger partial charge in [-0.25, -0.2) is 14.6 Å². The van der Waals surface area contributed by atoms with Gasteiger partial charge in [-0.3, -0.25) is 14.7 Å². The molecule has 13 nitrogen and oxygen atoms in total. The summed E-state index contributed by atoms with van der Waals surface area (Å²) in [6, 6.07) is 26.0. The molecule has 4 heterocycles. The Labute approximate surface area is 346 Å². The zero-order valence-corrected chi connectivity index (χ0v) is 34.5. The summed E-state index contributed by atoms with van der Waals surface area (Å²) < 4.78 is 15.3. The second kappa shape index (κ2) is 18.9. The number of nitrogens with one attached hydrogen (secondary N) is 3. The molecule has 0 aliphatic carbocycles. The van der Waals surface area contributed by atoms with E-state index in [1.165, 1.54) is 14.2 Å². The average molecular weight is 802 g/mol. The maximum Gasteiger partial charge on any atom is 0.407 e. The number of rotatable bonds is 14. The minimum atomic E-state index is -0.656. The van der Waals surface area contributed by atoms with E-state index in [0.717, 1.165) is 76.4 Å². The predicted octanol–water partition coefficient (Wildman–Crippen LogP) is 7.41. The van der Waals surface area contributed by atoms with Gasteiger partial charge in [-0.2, -0.15) is 0 Å². The quantitative estimate of drug-likeness (QED) is 0.119. The number of imidazole rings is 1. The first kappa shape index (κ1) is 41.4. The normalized spacial score (nSPS) is 20.2. The van der Waals surface area contributed by atoms with Crippen molar-refractivity contribution in [2.75, 3.05) is 47.6 Å². The third-order valence-electron chi connectivity index (χ3n) is 11.8. The number of amides is 3. The van der Waals surface area contributed by atoms with Gasteiger partial charge in [0, 0.05) is 45.1 Å². The fourth-order valence-electron chi connectivity index (χ4n) is 8.65. The van der Waals surface area contributed by atoms with Crippen molar-refractivity contribution in [1.29, 1.82) is 0 Å². The van der Waals surface area contributed by atoms with Crippen molar-refractivity contribution in [2.45, 2.75) is 63.7 Å². The number of nitrogens with zero attached hydrogens (tertiary/aromatic N) is 4. The number of carbonyl (C=O) groups excluding carboxylic acids is 3. The van der Waals surface area contributed by atoms with Crippen molar-refractivity contribution in [3.05, 3.63) is 108 Å². The number of hydrogen-bond acceptors (Lipinski definition) is 9. The fraction of sp³-hybridized carbons (Fsp3) is 0.413. The molecule has 2 saturated heterocycles. The SMILES string of the molecule is COC[C@H]1C[C@@H](c2ncc(-c3ccc(-c4ccc(C5=CN=C([C@@H]6CCCN6C(=O)[C@@H](NC(=O)OC)C(C)C)C5)cc4)cc3)[nH]2)N(C[C@H](NC(=O)OC)c2ccccc2)C1. The van der Waals surface area contributed by atoms with Gasteiger partial charge in [0.25, 0.3) is 0 Å². The molecule has 4 aromatic rings. The number of aliphatic imine (C=N–C) groups is 1. The summed E-state index contributed by atoms with van der Waals surface area (Å²) in [5.41, 5.74) is 8.40. The highest BCUT2D eigenvalue weighted by atomic mass is 16.5. The zero-order valence-electron chi connectivity index (χ0n) is 34.5. The second-order valence-electron chi connectivity index (χ2n) is 16.0. The van der Waals surface area contributed by atoms with Crippen LogP contribution in [-0.2, 0) is 19.0 Å². The molecule has 5 atom stereocenters. The molecule has 0 unspecified atom stereocenters. The Hall–Kier alpha value is -5.79. The summed E-state index contributed by atoms with van der Waals surface area (Å²) in [5.74, 6) is 1.04. The molecule has 1 aromatic heterocycles. The Morgan fingerprint density at radius 1 is 0.847 bits per heavy atom. The first-order valence-electron chi connectivity index (χ1n) is 20.4. The van der Waals surface area contributed by atoms with E-state index in [4.69, 9.17) is 24.2 Å². The molecule has 0 radical (unpaired) electrons. The van der Waals surface area contributed by atoms with Gasteiger partial charge < -0.3 is 34.7 Å². The van der Waals surface area contributed by atoms with Crippen LogP contribution in [0.3, 0.4) is 0 Å². The molecule has 310 valence electrons. The Morgan fingerprint density at radius 2 is 1.51 bits per heavy atom. The van der Waals surface area contributed by atoms with Crippen molar-refractivity contribution >= 4 is 29.4 Å². The Morgan fingerprint density at radius 3 is 2.17 bits per heavy atom. The number of allylic oxidation sites excluding steroid dienone is 1. The molecule has 2 fully saturated rings. The van der Waals surface area contributed by atoms with Crippen LogP contribution in [0.25, 0.3) is 28.0 Å². The second-order valence-corrected chi connectivity index (χ2v) is 16.0. The van der Waals surface area contributed by atoms with Crippen LogP contribution in [0.1, 0.15) is 68.6 Å². The van der Waals surface area contributed by atoms with Gasteiger partial charge in [0.05, 0.1) is 50.8 Å². The van der Waals surface area contributed by atoms with E-state index in [1.807, 2.05) is 61.5 Å². The number of H-pyrrole nitrogens is 1. The highest BCUT2D eigenvalue weighted by Gasteiger charge is 2.39. The number of aromatic amines is 1. The summed E-state index contributed by atoms with van der Waals surface area (Å²) in [4.78, 5) is 55.5. The number of hydrogen-bond donors (Lipinski definition) is 3. The van der Waals surface area contributed by atoms with Crippen LogP contribution >= 0.6 is 0 Å². The van der Waals surface area contributed by atoms with Gasteiger partial charge >= 0.3 is 12.2 Å². The summed E-state index contributed by atoms with van der Waals surface area (Å²) >= 11 is 0. The molecule has 3 aliphatic heterocycles. The highest BCUT2D eigenvalue weighted by molar-refractivity contribution is 6.03. The fourth-order valence-corrected chi connectivity index (χ4v) is 8.65. The van der Waals surface area contributed by atoms with Gasteiger partial charge in [-0.05, 0) is 64.5 Å². The minimum Gasteiger partial charge on any atom is -0.453 e. The van der Waals surface area contributed by atoms with Gasteiger partial charge in [0.2, 0.25) is 5.91 Å². The number of benzene rings is 3. The zero-order chi connectivity index (χ0) is 41.5. The monoisotopic (exact) mass is 801 g/mol. The molecule has 7 rings (SSSR count). The van der Waals surface area contributed by atoms with Crippen LogP contribution in [0.4, 0.5) is 9.59 Å². The number of aromatic nitrogens is 2. The Bertz CT molecular complexity index is 2130. The van der Waals surface area contributed by atoms with Crippen LogP contribution < -0.4 is 10.6 Å². The smallest absolute Gasteiger partial charge is 0.407 e. The van der Waals surface area contributed by atoms with E-state index < -0.39 is 18.2 Å². The van der Waals surface area contributed by atoms with Crippen molar-refractivity contribution < 1.29 is 28.6 Å². The number of ether oxygens (including phenoxy) is 3. The molecule has 3 amide bonds. The molecular weight excluding hydrogens is 747 g/mol. The standard InChI is InChI=1S/C46H55N7O6/c1-29(2)42(51-46(56)59-5)44(54)53-21-9-12-40(53)37-23-36(24-47-37)33-15-13-31(14-16-33)32-17-19-35(20-18-32)38-25-48-43(49-38)41-22-30(28-57-3)26-52(41)27-39(50-45(55)58-4)34-10-7-6-8-11-34/h6-8,10-11,13-20,24-25,29-30,39-42H,9,12,21-23,26-28H2,1-5H3,(H,48,49)(H,50,55)(H,51,56)/t30-,39-,40-,41-,42-/m0/s1. The van der Waals surface area contributed by atoms with Gasteiger partial charge in [0.1, 0.15) is 11.9 Å². The van der Waals surface area contributed by atoms with E-state index in [2.05, 4.69) is 69.0 Å². The van der Waals surface area contributed by atoms with E-state index in [-0.39, 0.29) is 30.0 Å². The van der Waals surface area contributed by atoms with E-state index in [1.54, 1.807) is 7.11 Å². The predicted molar refractivity (Wildman–Crippen MR) is 227 cm³/mol. The van der Waals surface area contributed by atoms with Crippen LogP contribution in [0.15, 0.2) is 96.3 Å². The van der Waals surface area contributed by atoms with Crippen molar-refractivity contribution in [3.63, 3.8) is 0 Å². The molecule has 0 saturated carbocycles. The summed E-state index contributed by atoms with van der Waals surface area (Å²) in [5, 5.41) is 5.75. The molecule has 59 heavy (non-hydrogen) atoms. The molecule has 3 aliphatic rings. The van der Waals surface area contributed by atoms with Gasteiger partial charge in [0.15, 0.2) is 0 Å². The lowest BCUT2D eigenvalue weighted by Crippen LogP contribution is -2.53. The summed E-state index contributed by atoms with van der Waals surface area (Å²) in [7, 11) is 4.42. The van der Waals surface area contributed by atoms with E-state index in [0.29, 0.717) is 32.0 Å².